The van der Waals surface area contributed by atoms with Crippen LogP contribution in [0, 0.1) is 17.8 Å². The number of aryl methyl sites for hydroxylation is 1. The van der Waals surface area contributed by atoms with Crippen molar-refractivity contribution in [2.45, 2.75) is 44.2 Å². The van der Waals surface area contributed by atoms with E-state index >= 15 is 0 Å². The molecule has 2 bridgehead atoms. The number of fused-ring (bicyclic) bond motifs is 3. The molecule has 1 aliphatic heterocycles. The standard InChI is InChI=1S/C28H35ClN6O3/c1-37-25-20-8-7-19(35-10-12-38-13-11-35)6-4-16(20)5-9-22(25)32-28-31-15-21(29)27(34-28)33-24-18-3-2-17(14-18)23(24)26(30)36/h2-3,5,9,15,17-19,23-24H,4,6-8,10-14H2,1H3,(H2,30,36)(H2,31,32,33,34)/t17-,18+,19-,23+,24+/m0/s1. The van der Waals surface area contributed by atoms with Crippen molar-refractivity contribution in [2.24, 2.45) is 23.5 Å². The van der Waals surface area contributed by atoms with Gasteiger partial charge in [0.15, 0.2) is 5.82 Å². The van der Waals surface area contributed by atoms with Crippen LogP contribution in [-0.4, -0.2) is 66.3 Å². The highest BCUT2D eigenvalue weighted by Crippen LogP contribution is 2.45. The van der Waals surface area contributed by atoms with Crippen LogP contribution in [-0.2, 0) is 22.4 Å². The topological polar surface area (TPSA) is 115 Å². The SMILES string of the molecule is COc1c(Nc2ncc(Cl)c(N[C@H]3[C@H](C(N)=O)[C@H]4C=C[C@@H]3C4)n2)ccc2c1CC[C@@H](N1CCOCC1)CC2. The van der Waals surface area contributed by atoms with Gasteiger partial charge in [0.25, 0.3) is 0 Å². The van der Waals surface area contributed by atoms with Crippen molar-refractivity contribution in [1.29, 1.82) is 0 Å². The van der Waals surface area contributed by atoms with Gasteiger partial charge in [-0.1, -0.05) is 29.8 Å². The number of hydrogen-bond acceptors (Lipinski definition) is 8. The number of anilines is 3. The molecular weight excluding hydrogens is 504 g/mol. The molecule has 1 saturated carbocycles. The Kier molecular flexibility index (Phi) is 7.16. The number of carbonyl (C=O) groups excluding carboxylic acids is 1. The van der Waals surface area contributed by atoms with E-state index in [4.69, 9.17) is 26.8 Å². The summed E-state index contributed by atoms with van der Waals surface area (Å²) in [6, 6.07) is 4.66. The van der Waals surface area contributed by atoms with E-state index in [0.29, 0.717) is 22.8 Å². The maximum atomic E-state index is 12.2. The van der Waals surface area contributed by atoms with Gasteiger partial charge in [0, 0.05) is 25.2 Å². The maximum Gasteiger partial charge on any atom is 0.229 e. The average Bonchev–Trinajstić information content (AvgIpc) is 3.46. The Balaban J connectivity index is 1.21. The second-order valence-corrected chi connectivity index (χ2v) is 11.1. The third kappa shape index (κ3) is 4.83. The maximum absolute atomic E-state index is 12.2. The Bertz CT molecular complexity index is 1230. The lowest BCUT2D eigenvalue weighted by Gasteiger charge is -2.34. The molecule has 1 amide bonds. The van der Waals surface area contributed by atoms with Crippen molar-refractivity contribution in [3.05, 3.63) is 46.6 Å². The first-order valence-electron chi connectivity index (χ1n) is 13.6. The first-order chi connectivity index (χ1) is 18.5. The first kappa shape index (κ1) is 25.4. The number of ether oxygens (including phenoxy) is 2. The van der Waals surface area contributed by atoms with Crippen molar-refractivity contribution in [1.82, 2.24) is 14.9 Å². The predicted molar refractivity (Wildman–Crippen MR) is 147 cm³/mol. The van der Waals surface area contributed by atoms with Gasteiger partial charge in [-0.25, -0.2) is 4.98 Å². The van der Waals surface area contributed by atoms with Crippen LogP contribution >= 0.6 is 11.6 Å². The minimum atomic E-state index is -0.298. The van der Waals surface area contributed by atoms with Crippen LogP contribution in [0.15, 0.2) is 30.5 Å². The Morgan fingerprint density at radius 1 is 1.18 bits per heavy atom. The number of nitrogens with zero attached hydrogens (tertiary/aromatic N) is 3. The fourth-order valence-electron chi connectivity index (χ4n) is 6.81. The van der Waals surface area contributed by atoms with Crippen molar-refractivity contribution < 1.29 is 14.3 Å². The van der Waals surface area contributed by atoms with Crippen LogP contribution in [0.5, 0.6) is 5.75 Å². The summed E-state index contributed by atoms with van der Waals surface area (Å²) >= 11 is 6.47. The van der Waals surface area contributed by atoms with Gasteiger partial charge in [-0.2, -0.15) is 4.98 Å². The van der Waals surface area contributed by atoms with Crippen LogP contribution in [0.25, 0.3) is 0 Å². The highest BCUT2D eigenvalue weighted by atomic mass is 35.5. The minimum absolute atomic E-state index is 0.135. The van der Waals surface area contributed by atoms with Gasteiger partial charge in [-0.3, -0.25) is 9.69 Å². The lowest BCUT2D eigenvalue weighted by Crippen LogP contribution is -2.43. The molecule has 38 heavy (non-hydrogen) atoms. The zero-order valence-corrected chi connectivity index (χ0v) is 22.4. The van der Waals surface area contributed by atoms with E-state index in [1.165, 1.54) is 11.1 Å². The Hall–Kier alpha value is -2.88. The van der Waals surface area contributed by atoms with Crippen LogP contribution in [0.4, 0.5) is 17.5 Å². The molecule has 4 N–H and O–H groups in total. The van der Waals surface area contributed by atoms with Crippen LogP contribution in [0.1, 0.15) is 30.4 Å². The molecule has 2 aromatic rings. The number of hydrogen-bond donors (Lipinski definition) is 3. The number of benzene rings is 1. The zero-order valence-electron chi connectivity index (χ0n) is 21.7. The third-order valence-electron chi connectivity index (χ3n) is 8.68. The number of morpholine rings is 1. The van der Waals surface area contributed by atoms with Crippen LogP contribution in [0.3, 0.4) is 0 Å². The number of carbonyl (C=O) groups is 1. The smallest absolute Gasteiger partial charge is 0.229 e. The van der Waals surface area contributed by atoms with Gasteiger partial charge in [0.05, 0.1) is 38.1 Å². The highest BCUT2D eigenvalue weighted by molar-refractivity contribution is 6.32. The molecule has 3 aliphatic carbocycles. The summed E-state index contributed by atoms with van der Waals surface area (Å²) in [5.74, 6) is 1.55. The summed E-state index contributed by atoms with van der Waals surface area (Å²) in [4.78, 5) is 23.8. The summed E-state index contributed by atoms with van der Waals surface area (Å²) in [5.41, 5.74) is 9.14. The van der Waals surface area contributed by atoms with Gasteiger partial charge in [-0.15, -0.1) is 0 Å². The second kappa shape index (κ2) is 10.7. The molecule has 5 atom stereocenters. The Morgan fingerprint density at radius 3 is 2.76 bits per heavy atom. The molecule has 1 aromatic carbocycles. The lowest BCUT2D eigenvalue weighted by atomic mass is 9.88. The fraction of sp³-hybridized carbons (Fsp3) is 0.536. The Morgan fingerprint density at radius 2 is 1.97 bits per heavy atom. The highest BCUT2D eigenvalue weighted by Gasteiger charge is 2.47. The molecule has 0 unspecified atom stereocenters. The molecular formula is C28H35ClN6O3. The minimum Gasteiger partial charge on any atom is -0.494 e. The quantitative estimate of drug-likeness (QED) is 0.362. The number of halogens is 1. The summed E-state index contributed by atoms with van der Waals surface area (Å²) in [6.07, 6.45) is 11.0. The monoisotopic (exact) mass is 538 g/mol. The van der Waals surface area contributed by atoms with Crippen molar-refractivity contribution in [3.8, 4) is 5.75 Å². The van der Waals surface area contributed by atoms with Gasteiger partial charge in [0.2, 0.25) is 11.9 Å². The fourth-order valence-corrected chi connectivity index (χ4v) is 6.95. The molecule has 0 spiro atoms. The number of nitrogens with two attached hydrogens (primary N) is 1. The second-order valence-electron chi connectivity index (χ2n) is 10.7. The van der Waals surface area contributed by atoms with E-state index in [1.807, 2.05) is 6.07 Å². The average molecular weight is 539 g/mol. The molecule has 1 saturated heterocycles. The molecule has 1 aromatic heterocycles. The number of nitrogens with one attached hydrogen (secondary N) is 2. The number of allylic oxidation sites excluding steroid dienone is 1. The number of aromatic nitrogens is 2. The molecule has 0 radical (unpaired) electrons. The van der Waals surface area contributed by atoms with Gasteiger partial charge in [0.1, 0.15) is 10.8 Å². The van der Waals surface area contributed by atoms with Crippen molar-refractivity contribution >= 4 is 35.0 Å². The molecule has 6 rings (SSSR count). The summed E-state index contributed by atoms with van der Waals surface area (Å²) < 4.78 is 11.5. The zero-order chi connectivity index (χ0) is 26.2. The van der Waals surface area contributed by atoms with Gasteiger partial charge >= 0.3 is 0 Å². The number of amides is 1. The van der Waals surface area contributed by atoms with Gasteiger partial charge < -0.3 is 25.8 Å². The van der Waals surface area contributed by atoms with E-state index < -0.39 is 0 Å². The number of primary amides is 1. The summed E-state index contributed by atoms with van der Waals surface area (Å²) in [7, 11) is 1.72. The van der Waals surface area contributed by atoms with Crippen LogP contribution < -0.4 is 21.1 Å². The largest absolute Gasteiger partial charge is 0.494 e. The van der Waals surface area contributed by atoms with Crippen LogP contribution in [0.2, 0.25) is 5.02 Å². The van der Waals surface area contributed by atoms with E-state index in [0.717, 1.165) is 69.8 Å². The van der Waals surface area contributed by atoms with E-state index in [-0.39, 0.29) is 29.7 Å². The number of rotatable bonds is 7. The molecule has 9 nitrogen and oxygen atoms in total. The summed E-state index contributed by atoms with van der Waals surface area (Å²) in [6.45, 7) is 3.66. The Labute approximate surface area is 228 Å². The van der Waals surface area contributed by atoms with Crippen molar-refractivity contribution in [3.63, 3.8) is 0 Å². The first-order valence-corrected chi connectivity index (χ1v) is 13.9. The molecule has 2 heterocycles. The normalized spacial score (nSPS) is 28.5. The van der Waals surface area contributed by atoms with E-state index in [2.05, 4.69) is 43.7 Å². The molecule has 4 aliphatic rings. The molecule has 2 fully saturated rings. The van der Waals surface area contributed by atoms with Gasteiger partial charge in [-0.05, 0) is 61.1 Å². The summed E-state index contributed by atoms with van der Waals surface area (Å²) in [5, 5.41) is 7.15. The lowest BCUT2D eigenvalue weighted by molar-refractivity contribution is -0.122. The van der Waals surface area contributed by atoms with E-state index in [1.54, 1.807) is 13.3 Å². The molecule has 202 valence electrons. The van der Waals surface area contributed by atoms with E-state index in [9.17, 15) is 4.79 Å². The third-order valence-corrected chi connectivity index (χ3v) is 8.96. The molecule has 10 heteroatoms. The predicted octanol–water partition coefficient (Wildman–Crippen LogP) is 3.55. The van der Waals surface area contributed by atoms with Crippen molar-refractivity contribution in [2.75, 3.05) is 44.0 Å². The number of methoxy groups -OCH3 is 1.